The first-order valence-electron chi connectivity index (χ1n) is 13.1. The number of halogens is 1. The van der Waals surface area contributed by atoms with E-state index < -0.39 is 12.0 Å². The first kappa shape index (κ1) is 25.9. The van der Waals surface area contributed by atoms with E-state index in [0.29, 0.717) is 27.5 Å². The highest BCUT2D eigenvalue weighted by Gasteiger charge is 2.21. The zero-order valence-corrected chi connectivity index (χ0v) is 22.1. The Bertz CT molecular complexity index is 1920. The maximum absolute atomic E-state index is 14.9. The summed E-state index contributed by atoms with van der Waals surface area (Å²) in [6, 6.07) is 30.0. The minimum atomic E-state index is -1.01. The molecule has 0 aliphatic heterocycles. The highest BCUT2D eigenvalue weighted by Crippen LogP contribution is 2.29. The largest absolute Gasteiger partial charge is 0.478 e. The van der Waals surface area contributed by atoms with Crippen molar-refractivity contribution in [2.24, 2.45) is 0 Å². The van der Waals surface area contributed by atoms with Crippen LogP contribution in [0.3, 0.4) is 0 Å². The van der Waals surface area contributed by atoms with Crippen molar-refractivity contribution in [3.63, 3.8) is 0 Å². The van der Waals surface area contributed by atoms with Crippen molar-refractivity contribution in [2.45, 2.75) is 19.5 Å². The Morgan fingerprint density at radius 2 is 1.63 bits per heavy atom. The number of amides is 1. The molecule has 1 aromatic heterocycles. The van der Waals surface area contributed by atoms with Crippen LogP contribution in [0, 0.1) is 5.82 Å². The molecule has 0 saturated heterocycles. The molecule has 0 aliphatic rings. The number of hydrogen-bond acceptors (Lipinski definition) is 4. The van der Waals surface area contributed by atoms with E-state index in [1.54, 1.807) is 28.9 Å². The van der Waals surface area contributed by atoms with Crippen LogP contribution in [0.1, 0.15) is 44.8 Å². The lowest BCUT2D eigenvalue weighted by Gasteiger charge is -2.16. The number of benzene rings is 5. The molecule has 7 nitrogen and oxygen atoms in total. The summed E-state index contributed by atoms with van der Waals surface area (Å²) in [6.07, 6.45) is 0. The molecule has 0 bridgehead atoms. The smallest absolute Gasteiger partial charge is 0.335 e. The van der Waals surface area contributed by atoms with Gasteiger partial charge in [0.25, 0.3) is 5.91 Å². The van der Waals surface area contributed by atoms with E-state index in [-0.39, 0.29) is 23.8 Å². The molecule has 0 spiro atoms. The number of aromatic nitrogens is 3. The molecule has 202 valence electrons. The van der Waals surface area contributed by atoms with Crippen LogP contribution < -0.4 is 5.32 Å². The van der Waals surface area contributed by atoms with Gasteiger partial charge in [0, 0.05) is 5.39 Å². The molecule has 0 unspecified atom stereocenters. The van der Waals surface area contributed by atoms with Gasteiger partial charge in [0.2, 0.25) is 0 Å². The van der Waals surface area contributed by atoms with Crippen molar-refractivity contribution in [1.29, 1.82) is 0 Å². The highest BCUT2D eigenvalue weighted by atomic mass is 19.1. The summed E-state index contributed by atoms with van der Waals surface area (Å²) in [5.41, 5.74) is 4.81. The van der Waals surface area contributed by atoms with Crippen LogP contribution in [-0.2, 0) is 6.54 Å². The highest BCUT2D eigenvalue weighted by molar-refractivity contribution is 6.06. The number of carbonyl (C=O) groups excluding carboxylic acids is 1. The number of hydrogen-bond donors (Lipinski definition) is 2. The third-order valence-electron chi connectivity index (χ3n) is 7.17. The summed E-state index contributed by atoms with van der Waals surface area (Å²) in [6.45, 7) is 2.05. The molecular formula is C33H25FN4O3. The van der Waals surface area contributed by atoms with Crippen LogP contribution >= 0.6 is 0 Å². The van der Waals surface area contributed by atoms with Gasteiger partial charge in [0.05, 0.1) is 23.7 Å². The number of carboxylic acids is 1. The van der Waals surface area contributed by atoms with Crippen molar-refractivity contribution < 1.29 is 19.1 Å². The fourth-order valence-electron chi connectivity index (χ4n) is 5.05. The second-order valence-corrected chi connectivity index (χ2v) is 9.93. The van der Waals surface area contributed by atoms with Gasteiger partial charge in [-0.2, -0.15) is 0 Å². The Morgan fingerprint density at radius 1 is 0.902 bits per heavy atom. The van der Waals surface area contributed by atoms with Crippen molar-refractivity contribution in [2.75, 3.05) is 0 Å². The van der Waals surface area contributed by atoms with Gasteiger partial charge in [-0.05, 0) is 71.0 Å². The maximum atomic E-state index is 14.9. The Hall–Kier alpha value is -5.37. The van der Waals surface area contributed by atoms with Crippen LogP contribution in [0.2, 0.25) is 0 Å². The number of carbonyl (C=O) groups is 2. The van der Waals surface area contributed by atoms with Gasteiger partial charge < -0.3 is 10.4 Å². The Balaban J connectivity index is 1.40. The number of nitrogens with one attached hydrogen (secondary N) is 1. The summed E-state index contributed by atoms with van der Waals surface area (Å²) in [7, 11) is 0. The average Bonchev–Trinajstić information content (AvgIpc) is 3.39. The monoisotopic (exact) mass is 544 g/mol. The summed E-state index contributed by atoms with van der Waals surface area (Å²) in [5.74, 6) is -1.68. The van der Waals surface area contributed by atoms with Gasteiger partial charge in [-0.15, -0.1) is 5.10 Å². The van der Waals surface area contributed by atoms with Crippen molar-refractivity contribution in [3.8, 4) is 11.1 Å². The molecule has 5 aromatic carbocycles. The molecule has 6 aromatic rings. The SMILES string of the molecule is C[C@H](NC(=O)c1cc(-c2ccccc2)cc2nnn(Cc3cc(F)c4ccccc4c3)c12)c1ccc(C(=O)O)cc1. The molecule has 0 fully saturated rings. The predicted octanol–water partition coefficient (Wildman–Crippen LogP) is 6.63. The molecule has 8 heteroatoms. The fraction of sp³-hybridized carbons (Fsp3) is 0.0909. The summed E-state index contributed by atoms with van der Waals surface area (Å²) >= 11 is 0. The number of fused-ring (bicyclic) bond motifs is 2. The standard InChI is InChI=1S/C33H25FN4O3/c1-20(22-11-13-24(14-12-22)33(40)41)35-32(39)28-17-26(23-7-3-2-4-8-23)18-30-31(28)38(37-36-30)19-21-15-25-9-5-6-10-27(25)29(34)16-21/h2-18,20H,19H2,1H3,(H,35,39)(H,40,41)/t20-/m0/s1. The van der Waals surface area contributed by atoms with E-state index in [1.165, 1.54) is 18.2 Å². The number of aromatic carboxylic acids is 1. The first-order valence-corrected chi connectivity index (χ1v) is 13.1. The number of rotatable bonds is 7. The van der Waals surface area contributed by atoms with Crippen LogP contribution in [0.5, 0.6) is 0 Å². The van der Waals surface area contributed by atoms with Gasteiger partial charge >= 0.3 is 5.97 Å². The molecule has 0 aliphatic carbocycles. The summed E-state index contributed by atoms with van der Waals surface area (Å²) < 4.78 is 16.5. The third-order valence-corrected chi connectivity index (χ3v) is 7.17. The van der Waals surface area contributed by atoms with Crippen LogP contribution in [0.15, 0.2) is 103 Å². The van der Waals surface area contributed by atoms with Crippen molar-refractivity contribution in [3.05, 3.63) is 131 Å². The Labute approximate surface area is 234 Å². The Morgan fingerprint density at radius 3 is 2.39 bits per heavy atom. The second kappa shape index (κ2) is 10.7. The predicted molar refractivity (Wildman–Crippen MR) is 155 cm³/mol. The molecule has 0 radical (unpaired) electrons. The van der Waals surface area contributed by atoms with Crippen LogP contribution in [0.4, 0.5) is 4.39 Å². The van der Waals surface area contributed by atoms with Gasteiger partial charge in [0.1, 0.15) is 16.9 Å². The van der Waals surface area contributed by atoms with E-state index in [9.17, 15) is 19.1 Å². The zero-order chi connectivity index (χ0) is 28.5. The maximum Gasteiger partial charge on any atom is 0.335 e. The summed E-state index contributed by atoms with van der Waals surface area (Å²) in [5, 5.41) is 22.3. The fourth-order valence-corrected chi connectivity index (χ4v) is 5.05. The zero-order valence-electron chi connectivity index (χ0n) is 22.1. The van der Waals surface area contributed by atoms with E-state index in [2.05, 4.69) is 15.6 Å². The second-order valence-electron chi connectivity index (χ2n) is 9.93. The van der Waals surface area contributed by atoms with E-state index >= 15 is 0 Å². The lowest BCUT2D eigenvalue weighted by molar-refractivity contribution is 0.0696. The molecule has 1 heterocycles. The molecule has 1 atom stereocenters. The van der Waals surface area contributed by atoms with Crippen molar-refractivity contribution >= 4 is 33.7 Å². The van der Waals surface area contributed by atoms with Gasteiger partial charge in [-0.1, -0.05) is 71.9 Å². The Kier molecular flexibility index (Phi) is 6.73. The normalized spacial score (nSPS) is 12.0. The van der Waals surface area contributed by atoms with Gasteiger partial charge in [-0.3, -0.25) is 4.79 Å². The van der Waals surface area contributed by atoms with Gasteiger partial charge in [-0.25, -0.2) is 13.9 Å². The topological polar surface area (TPSA) is 97.1 Å². The third kappa shape index (κ3) is 5.15. The number of carboxylic acid groups (broad SMARTS) is 1. The van der Waals surface area contributed by atoms with E-state index in [1.807, 2.05) is 67.6 Å². The minimum absolute atomic E-state index is 0.171. The molecule has 2 N–H and O–H groups in total. The molecular weight excluding hydrogens is 519 g/mol. The molecule has 1 amide bonds. The lowest BCUT2D eigenvalue weighted by atomic mass is 10.00. The molecule has 6 rings (SSSR count). The van der Waals surface area contributed by atoms with Crippen molar-refractivity contribution in [1.82, 2.24) is 20.3 Å². The first-order chi connectivity index (χ1) is 19.9. The lowest BCUT2D eigenvalue weighted by Crippen LogP contribution is -2.27. The van der Waals surface area contributed by atoms with Gasteiger partial charge in [0.15, 0.2) is 0 Å². The summed E-state index contributed by atoms with van der Waals surface area (Å²) in [4.78, 5) is 25.0. The minimum Gasteiger partial charge on any atom is -0.478 e. The quantitative estimate of drug-likeness (QED) is 0.235. The van der Waals surface area contributed by atoms with E-state index in [0.717, 1.165) is 22.1 Å². The van der Waals surface area contributed by atoms with Crippen LogP contribution in [-0.4, -0.2) is 32.0 Å². The molecule has 41 heavy (non-hydrogen) atoms. The van der Waals surface area contributed by atoms with E-state index in [4.69, 9.17) is 0 Å². The molecule has 0 saturated carbocycles. The van der Waals surface area contributed by atoms with Crippen LogP contribution in [0.25, 0.3) is 32.9 Å². The average molecular weight is 545 g/mol. The number of nitrogens with zero attached hydrogens (tertiary/aromatic N) is 3.